The molecular weight excluding hydrogens is 223 g/mol. The Kier molecular flexibility index (Phi) is 4.90. The minimum atomic E-state index is -0.828. The molecule has 94 valence electrons. The summed E-state index contributed by atoms with van der Waals surface area (Å²) in [5.74, 6) is -1.09. The van der Waals surface area contributed by atoms with E-state index in [2.05, 4.69) is 5.32 Å². The number of hydrogen-bond acceptors (Lipinski definition) is 3. The molecule has 0 radical (unpaired) electrons. The lowest BCUT2D eigenvalue weighted by molar-refractivity contribution is -0.136. The van der Waals surface area contributed by atoms with E-state index < -0.39 is 5.97 Å². The van der Waals surface area contributed by atoms with Gasteiger partial charge in [-0.1, -0.05) is 6.07 Å². The predicted octanol–water partition coefficient (Wildman–Crippen LogP) is 1.46. The summed E-state index contributed by atoms with van der Waals surface area (Å²) in [6.07, 6.45) is 0.0851. The maximum absolute atomic E-state index is 13.4. The van der Waals surface area contributed by atoms with Crippen molar-refractivity contribution in [3.8, 4) is 0 Å². The van der Waals surface area contributed by atoms with E-state index in [-0.39, 0.29) is 12.2 Å². The first kappa shape index (κ1) is 13.4. The first-order valence-electron chi connectivity index (χ1n) is 5.39. The van der Waals surface area contributed by atoms with Gasteiger partial charge in [-0.05, 0) is 17.7 Å². The van der Waals surface area contributed by atoms with E-state index >= 15 is 0 Å². The molecule has 1 aromatic carbocycles. The summed E-state index contributed by atoms with van der Waals surface area (Å²) < 4.78 is 13.4. The van der Waals surface area contributed by atoms with Crippen LogP contribution in [0.1, 0.15) is 12.0 Å². The molecule has 0 aliphatic carbocycles. The van der Waals surface area contributed by atoms with Gasteiger partial charge in [0.05, 0.1) is 12.1 Å². The molecule has 2 N–H and O–H groups in total. The van der Waals surface area contributed by atoms with Gasteiger partial charge in [-0.15, -0.1) is 0 Å². The third kappa shape index (κ3) is 4.40. The van der Waals surface area contributed by atoms with Crippen LogP contribution in [0.15, 0.2) is 18.2 Å². The van der Waals surface area contributed by atoms with Gasteiger partial charge in [0, 0.05) is 27.2 Å². The first-order valence-corrected chi connectivity index (χ1v) is 5.39. The second-order valence-corrected chi connectivity index (χ2v) is 4.00. The largest absolute Gasteiger partial charge is 0.481 e. The number of aliphatic carboxylic acids is 1. The molecule has 1 rings (SSSR count). The van der Waals surface area contributed by atoms with E-state index in [4.69, 9.17) is 5.11 Å². The number of anilines is 1. The number of hydrogen-bond donors (Lipinski definition) is 2. The molecular formula is C12H17FN2O2. The Labute approximate surface area is 100 Å². The van der Waals surface area contributed by atoms with Crippen LogP contribution in [0, 0.1) is 5.82 Å². The lowest BCUT2D eigenvalue weighted by atomic mass is 10.2. The van der Waals surface area contributed by atoms with Gasteiger partial charge in [0.2, 0.25) is 0 Å². The summed E-state index contributed by atoms with van der Waals surface area (Å²) in [6, 6.07) is 4.86. The molecule has 4 nitrogen and oxygen atoms in total. The lowest BCUT2D eigenvalue weighted by Gasteiger charge is -2.15. The molecule has 0 aromatic heterocycles. The lowest BCUT2D eigenvalue weighted by Crippen LogP contribution is -2.18. The fourth-order valence-corrected chi connectivity index (χ4v) is 1.44. The third-order valence-corrected chi connectivity index (χ3v) is 2.34. The van der Waals surface area contributed by atoms with Gasteiger partial charge >= 0.3 is 5.97 Å². The summed E-state index contributed by atoms with van der Waals surface area (Å²) in [5, 5.41) is 11.5. The normalized spacial score (nSPS) is 10.3. The fourth-order valence-electron chi connectivity index (χ4n) is 1.44. The molecule has 0 aliphatic rings. The highest BCUT2D eigenvalue weighted by Gasteiger charge is 2.05. The molecule has 0 bridgehead atoms. The molecule has 1 aromatic rings. The summed E-state index contributed by atoms with van der Waals surface area (Å²) in [6.45, 7) is 0.943. The van der Waals surface area contributed by atoms with Gasteiger partial charge in [-0.2, -0.15) is 0 Å². The fraction of sp³-hybridized carbons (Fsp3) is 0.417. The summed E-state index contributed by atoms with van der Waals surface area (Å²) in [5.41, 5.74) is 1.46. The van der Waals surface area contributed by atoms with Crippen molar-refractivity contribution in [3.63, 3.8) is 0 Å². The molecule has 17 heavy (non-hydrogen) atoms. The minimum absolute atomic E-state index is 0.0851. The van der Waals surface area contributed by atoms with Crippen LogP contribution in [0.4, 0.5) is 10.1 Å². The van der Waals surface area contributed by atoms with Crippen molar-refractivity contribution in [3.05, 3.63) is 29.6 Å². The van der Waals surface area contributed by atoms with E-state index in [9.17, 15) is 9.18 Å². The van der Waals surface area contributed by atoms with Crippen LogP contribution >= 0.6 is 0 Å². The first-order chi connectivity index (χ1) is 8.00. The highest BCUT2D eigenvalue weighted by atomic mass is 19.1. The number of halogens is 1. The molecule has 0 spiro atoms. The average Bonchev–Trinajstić information content (AvgIpc) is 2.25. The van der Waals surface area contributed by atoms with Crippen LogP contribution in [0.25, 0.3) is 0 Å². The molecule has 5 heteroatoms. The standard InChI is InChI=1S/C12H17FN2O2/c1-15(2)11-7-9(3-4-10(11)13)8-14-6-5-12(16)17/h3-4,7,14H,5-6,8H2,1-2H3,(H,16,17). The second kappa shape index (κ2) is 6.20. The number of carboxylic acid groups (broad SMARTS) is 1. The monoisotopic (exact) mass is 240 g/mol. The van der Waals surface area contributed by atoms with Crippen molar-refractivity contribution in [2.45, 2.75) is 13.0 Å². The zero-order valence-electron chi connectivity index (χ0n) is 10.0. The molecule has 0 heterocycles. The predicted molar refractivity (Wildman–Crippen MR) is 64.7 cm³/mol. The van der Waals surface area contributed by atoms with Crippen LogP contribution in [-0.4, -0.2) is 31.7 Å². The van der Waals surface area contributed by atoms with Crippen LogP contribution in [0.3, 0.4) is 0 Å². The molecule has 0 unspecified atom stereocenters. The van der Waals surface area contributed by atoms with Crippen molar-refractivity contribution in [2.75, 3.05) is 25.5 Å². The maximum atomic E-state index is 13.4. The van der Waals surface area contributed by atoms with Gasteiger partial charge in [-0.25, -0.2) is 4.39 Å². The summed E-state index contributed by atoms with van der Waals surface area (Å²) >= 11 is 0. The van der Waals surface area contributed by atoms with Gasteiger partial charge < -0.3 is 15.3 Å². The van der Waals surface area contributed by atoms with Crippen LogP contribution in [0.5, 0.6) is 0 Å². The quantitative estimate of drug-likeness (QED) is 0.739. The number of nitrogens with one attached hydrogen (secondary N) is 1. The van der Waals surface area contributed by atoms with Crippen molar-refractivity contribution in [2.24, 2.45) is 0 Å². The zero-order chi connectivity index (χ0) is 12.8. The molecule has 0 atom stereocenters. The number of carboxylic acids is 1. The van der Waals surface area contributed by atoms with Gasteiger partial charge in [-0.3, -0.25) is 4.79 Å². The Morgan fingerprint density at radius 3 is 2.76 bits per heavy atom. The topological polar surface area (TPSA) is 52.6 Å². The highest BCUT2D eigenvalue weighted by Crippen LogP contribution is 2.18. The molecule has 0 fully saturated rings. The van der Waals surface area contributed by atoms with Crippen molar-refractivity contribution in [1.82, 2.24) is 5.32 Å². The Morgan fingerprint density at radius 2 is 2.18 bits per heavy atom. The summed E-state index contributed by atoms with van der Waals surface area (Å²) in [7, 11) is 3.56. The highest BCUT2D eigenvalue weighted by molar-refractivity contribution is 5.66. The number of carbonyl (C=O) groups is 1. The van der Waals surface area contributed by atoms with E-state index in [1.165, 1.54) is 6.07 Å². The average molecular weight is 240 g/mol. The number of nitrogens with zero attached hydrogens (tertiary/aromatic N) is 1. The minimum Gasteiger partial charge on any atom is -0.481 e. The second-order valence-electron chi connectivity index (χ2n) is 4.00. The van der Waals surface area contributed by atoms with Crippen LogP contribution in [-0.2, 0) is 11.3 Å². The van der Waals surface area contributed by atoms with E-state index in [1.807, 2.05) is 0 Å². The van der Waals surface area contributed by atoms with Crippen molar-refractivity contribution < 1.29 is 14.3 Å². The van der Waals surface area contributed by atoms with Crippen molar-refractivity contribution in [1.29, 1.82) is 0 Å². The van der Waals surface area contributed by atoms with Crippen molar-refractivity contribution >= 4 is 11.7 Å². The summed E-state index contributed by atoms with van der Waals surface area (Å²) in [4.78, 5) is 12.0. The van der Waals surface area contributed by atoms with E-state index in [0.29, 0.717) is 18.8 Å². The molecule has 0 saturated heterocycles. The maximum Gasteiger partial charge on any atom is 0.304 e. The Bertz CT molecular complexity index is 394. The molecule has 0 aliphatic heterocycles. The Morgan fingerprint density at radius 1 is 1.47 bits per heavy atom. The third-order valence-electron chi connectivity index (χ3n) is 2.34. The van der Waals surface area contributed by atoms with Crippen LogP contribution < -0.4 is 10.2 Å². The van der Waals surface area contributed by atoms with E-state index in [1.54, 1.807) is 31.1 Å². The van der Waals surface area contributed by atoms with Gasteiger partial charge in [0.15, 0.2) is 0 Å². The smallest absolute Gasteiger partial charge is 0.304 e. The van der Waals surface area contributed by atoms with E-state index in [0.717, 1.165) is 5.56 Å². The number of benzene rings is 1. The Hall–Kier alpha value is -1.62. The SMILES string of the molecule is CN(C)c1cc(CNCCC(=O)O)ccc1F. The van der Waals surface area contributed by atoms with Gasteiger partial charge in [0.1, 0.15) is 5.82 Å². The zero-order valence-corrected chi connectivity index (χ0v) is 10.0. The number of rotatable bonds is 6. The molecule has 0 saturated carbocycles. The Balaban J connectivity index is 2.54. The van der Waals surface area contributed by atoms with Crippen LogP contribution in [0.2, 0.25) is 0 Å². The van der Waals surface area contributed by atoms with Gasteiger partial charge in [0.25, 0.3) is 0 Å². The molecule has 0 amide bonds.